The number of pyridine rings is 2. The highest BCUT2D eigenvalue weighted by molar-refractivity contribution is 5.79. The second kappa shape index (κ2) is 10.5. The van der Waals surface area contributed by atoms with Gasteiger partial charge in [0, 0.05) is 68.3 Å². The number of para-hydroxylation sites is 1. The fourth-order valence-corrected chi connectivity index (χ4v) is 5.16. The highest BCUT2D eigenvalue weighted by Gasteiger charge is 2.27. The molecule has 3 aromatic heterocycles. The van der Waals surface area contributed by atoms with Crippen molar-refractivity contribution in [3.05, 3.63) is 88.2 Å². The number of anilines is 1. The summed E-state index contributed by atoms with van der Waals surface area (Å²) in [6, 6.07) is 12.6. The number of fused-ring (bicyclic) bond motifs is 1. The molecule has 0 aliphatic carbocycles. The summed E-state index contributed by atoms with van der Waals surface area (Å²) < 4.78 is 7.18. The van der Waals surface area contributed by atoms with Gasteiger partial charge in [0.1, 0.15) is 0 Å². The van der Waals surface area contributed by atoms with E-state index in [1.54, 1.807) is 7.11 Å². The number of ether oxygens (including phenoxy) is 1. The van der Waals surface area contributed by atoms with Gasteiger partial charge in [-0.2, -0.15) is 0 Å². The zero-order valence-corrected chi connectivity index (χ0v) is 21.1. The Morgan fingerprint density at radius 2 is 1.92 bits per heavy atom. The summed E-state index contributed by atoms with van der Waals surface area (Å²) in [7, 11) is 3.58. The zero-order valence-electron chi connectivity index (χ0n) is 21.1. The number of aryl methyl sites for hydroxylation is 2. The molecule has 186 valence electrons. The molecule has 0 radical (unpaired) electrons. The quantitative estimate of drug-likeness (QED) is 0.396. The molecule has 0 N–H and O–H groups in total. The number of methoxy groups -OCH3 is 1. The number of hydrogen-bond acceptors (Lipinski definition) is 7. The summed E-state index contributed by atoms with van der Waals surface area (Å²) in [5.41, 5.74) is 5.05. The minimum atomic E-state index is 0.107. The minimum Gasteiger partial charge on any atom is -0.467 e. The maximum absolute atomic E-state index is 13.5. The molecule has 1 aliphatic rings. The van der Waals surface area contributed by atoms with Gasteiger partial charge in [0.25, 0.3) is 0 Å². The largest absolute Gasteiger partial charge is 0.467 e. The van der Waals surface area contributed by atoms with Crippen molar-refractivity contribution in [3.63, 3.8) is 0 Å². The molecule has 0 spiro atoms. The van der Waals surface area contributed by atoms with Crippen molar-refractivity contribution in [2.75, 3.05) is 25.1 Å². The van der Waals surface area contributed by atoms with Gasteiger partial charge in [0.15, 0.2) is 5.43 Å². The van der Waals surface area contributed by atoms with Gasteiger partial charge in [-0.25, -0.2) is 9.97 Å². The van der Waals surface area contributed by atoms with Crippen molar-refractivity contribution in [1.29, 1.82) is 0 Å². The lowest BCUT2D eigenvalue weighted by atomic mass is 10.0. The Hall–Kier alpha value is -3.78. The SMILES string of the molecule is COc1ncc(N2CCC[C@H](N(Cc3ccnc(C)c3)Cc3cn(C)c4ccccc4c3=O)C2)cn1. The van der Waals surface area contributed by atoms with E-state index in [4.69, 9.17) is 4.74 Å². The second-order valence-corrected chi connectivity index (χ2v) is 9.49. The first-order valence-electron chi connectivity index (χ1n) is 12.4. The molecule has 0 amide bonds. The Bertz CT molecular complexity index is 1400. The fraction of sp³-hybridized carbons (Fsp3) is 0.357. The van der Waals surface area contributed by atoms with Crippen LogP contribution in [0, 0.1) is 6.92 Å². The summed E-state index contributed by atoms with van der Waals surface area (Å²) in [4.78, 5) is 31.2. The van der Waals surface area contributed by atoms with E-state index in [0.29, 0.717) is 12.6 Å². The third kappa shape index (κ3) is 5.09. The average molecular weight is 485 g/mol. The van der Waals surface area contributed by atoms with Gasteiger partial charge >= 0.3 is 6.01 Å². The van der Waals surface area contributed by atoms with Crippen molar-refractivity contribution in [1.82, 2.24) is 24.4 Å². The summed E-state index contributed by atoms with van der Waals surface area (Å²) in [5.74, 6) is 0. The van der Waals surface area contributed by atoms with Gasteiger partial charge in [-0.05, 0) is 49.6 Å². The summed E-state index contributed by atoms with van der Waals surface area (Å²) in [6.07, 6.45) is 9.62. The molecule has 1 aromatic carbocycles. The van der Waals surface area contributed by atoms with E-state index in [-0.39, 0.29) is 11.5 Å². The average Bonchev–Trinajstić information content (AvgIpc) is 2.91. The molecule has 1 atom stereocenters. The monoisotopic (exact) mass is 484 g/mol. The van der Waals surface area contributed by atoms with Gasteiger partial charge in [0.2, 0.25) is 0 Å². The number of hydrogen-bond donors (Lipinski definition) is 0. The van der Waals surface area contributed by atoms with Crippen molar-refractivity contribution in [2.24, 2.45) is 7.05 Å². The predicted octanol–water partition coefficient (Wildman–Crippen LogP) is 3.71. The van der Waals surface area contributed by atoms with Crippen LogP contribution in [0.25, 0.3) is 10.9 Å². The summed E-state index contributed by atoms with van der Waals surface area (Å²) >= 11 is 0. The number of piperidine rings is 1. The van der Waals surface area contributed by atoms with Crippen LogP contribution in [-0.2, 0) is 20.1 Å². The Kier molecular flexibility index (Phi) is 6.95. The standard InChI is InChI=1S/C28H32N6O2/c1-20-13-21(10-11-29-20)16-34(18-22-17-32(2)26-9-5-4-8-25(26)27(22)35)23-7-6-12-33(19-23)24-14-30-28(36-3)31-15-24/h4-5,8-11,13-15,17,23H,6-7,12,16,18-19H2,1-3H3/t23-/m0/s1. The van der Waals surface area contributed by atoms with Crippen LogP contribution in [0.3, 0.4) is 0 Å². The Balaban J connectivity index is 1.46. The topological polar surface area (TPSA) is 76.4 Å². The van der Waals surface area contributed by atoms with E-state index >= 15 is 0 Å². The number of rotatable bonds is 7. The van der Waals surface area contributed by atoms with Gasteiger partial charge in [-0.15, -0.1) is 0 Å². The minimum absolute atomic E-state index is 0.107. The van der Waals surface area contributed by atoms with Crippen LogP contribution in [-0.4, -0.2) is 50.7 Å². The van der Waals surface area contributed by atoms with Crippen LogP contribution >= 0.6 is 0 Å². The first kappa shape index (κ1) is 23.9. The highest BCUT2D eigenvalue weighted by Crippen LogP contribution is 2.25. The maximum Gasteiger partial charge on any atom is 0.316 e. The van der Waals surface area contributed by atoms with Crippen LogP contribution in [0.5, 0.6) is 6.01 Å². The highest BCUT2D eigenvalue weighted by atomic mass is 16.5. The molecule has 4 aromatic rings. The van der Waals surface area contributed by atoms with Crippen LogP contribution in [0.15, 0.2) is 66.0 Å². The van der Waals surface area contributed by atoms with Crippen molar-refractivity contribution >= 4 is 16.6 Å². The van der Waals surface area contributed by atoms with Crippen LogP contribution < -0.4 is 15.1 Å². The summed E-state index contributed by atoms with van der Waals surface area (Å²) in [6.45, 7) is 5.13. The third-order valence-electron chi connectivity index (χ3n) is 6.97. The van der Waals surface area contributed by atoms with Crippen LogP contribution in [0.1, 0.15) is 29.7 Å². The number of benzene rings is 1. The predicted molar refractivity (Wildman–Crippen MR) is 141 cm³/mol. The molecule has 0 bridgehead atoms. The van der Waals surface area contributed by atoms with Crippen molar-refractivity contribution < 1.29 is 4.74 Å². The molecule has 8 nitrogen and oxygen atoms in total. The lowest BCUT2D eigenvalue weighted by Gasteiger charge is -2.40. The number of nitrogens with zero attached hydrogens (tertiary/aromatic N) is 6. The van der Waals surface area contributed by atoms with Gasteiger partial charge in [0.05, 0.1) is 30.7 Å². The van der Waals surface area contributed by atoms with E-state index in [0.717, 1.165) is 60.3 Å². The van der Waals surface area contributed by atoms with Crippen molar-refractivity contribution in [2.45, 2.75) is 38.9 Å². The normalized spacial score (nSPS) is 16.0. The fourth-order valence-electron chi connectivity index (χ4n) is 5.16. The van der Waals surface area contributed by atoms with Crippen LogP contribution in [0.2, 0.25) is 0 Å². The second-order valence-electron chi connectivity index (χ2n) is 9.49. The Morgan fingerprint density at radius 3 is 2.69 bits per heavy atom. The van der Waals surface area contributed by atoms with Crippen LogP contribution in [0.4, 0.5) is 5.69 Å². The van der Waals surface area contributed by atoms with E-state index in [2.05, 4.69) is 41.5 Å². The van der Waals surface area contributed by atoms with Crippen molar-refractivity contribution in [3.8, 4) is 6.01 Å². The molecule has 1 aliphatic heterocycles. The lowest BCUT2D eigenvalue weighted by molar-refractivity contribution is 0.158. The first-order valence-corrected chi connectivity index (χ1v) is 12.4. The lowest BCUT2D eigenvalue weighted by Crippen LogP contribution is -2.48. The molecule has 0 saturated carbocycles. The molecule has 0 unspecified atom stereocenters. The van der Waals surface area contributed by atoms with E-state index < -0.39 is 0 Å². The molecule has 1 fully saturated rings. The Morgan fingerprint density at radius 1 is 1.11 bits per heavy atom. The molecular formula is C28H32N6O2. The molecule has 4 heterocycles. The Labute approximate surface area is 211 Å². The molecular weight excluding hydrogens is 452 g/mol. The molecule has 5 rings (SSSR count). The zero-order chi connectivity index (χ0) is 25.1. The smallest absolute Gasteiger partial charge is 0.316 e. The summed E-state index contributed by atoms with van der Waals surface area (Å²) in [5, 5.41) is 0.762. The maximum atomic E-state index is 13.5. The van der Waals surface area contributed by atoms with E-state index in [1.165, 1.54) is 5.56 Å². The van der Waals surface area contributed by atoms with Gasteiger partial charge < -0.3 is 14.2 Å². The van der Waals surface area contributed by atoms with Gasteiger partial charge in [-0.1, -0.05) is 12.1 Å². The first-order chi connectivity index (χ1) is 17.5. The van der Waals surface area contributed by atoms with Gasteiger partial charge in [-0.3, -0.25) is 14.7 Å². The van der Waals surface area contributed by atoms with E-state index in [9.17, 15) is 4.79 Å². The molecule has 1 saturated heterocycles. The van der Waals surface area contributed by atoms with E-state index in [1.807, 2.05) is 63.0 Å². The third-order valence-corrected chi connectivity index (χ3v) is 6.97. The number of aromatic nitrogens is 4. The molecule has 8 heteroatoms. The molecule has 36 heavy (non-hydrogen) atoms.